The van der Waals surface area contributed by atoms with E-state index in [9.17, 15) is 0 Å². The molecule has 0 radical (unpaired) electrons. The fourth-order valence-electron chi connectivity index (χ4n) is 2.88. The van der Waals surface area contributed by atoms with Gasteiger partial charge >= 0.3 is 0 Å². The molecule has 0 bridgehead atoms. The second kappa shape index (κ2) is 10.5. The van der Waals surface area contributed by atoms with Crippen LogP contribution >= 0.6 is 27.5 Å². The van der Waals surface area contributed by atoms with E-state index in [-0.39, 0.29) is 0 Å². The normalized spacial score (nSPS) is 10.7. The number of hydrogen-bond donors (Lipinski definition) is 1. The Morgan fingerprint density at radius 1 is 0.929 bits per heavy atom. The number of nitrogens with one attached hydrogen (secondary N) is 1. The summed E-state index contributed by atoms with van der Waals surface area (Å²) in [6, 6.07) is 22.0. The third kappa shape index (κ3) is 5.99. The molecule has 28 heavy (non-hydrogen) atoms. The molecule has 0 aliphatic carbocycles. The van der Waals surface area contributed by atoms with Crippen molar-refractivity contribution in [1.29, 1.82) is 0 Å². The lowest BCUT2D eigenvalue weighted by Crippen LogP contribution is -2.17. The first-order valence-corrected chi connectivity index (χ1v) is 10.3. The quantitative estimate of drug-likeness (QED) is 0.396. The third-order valence-electron chi connectivity index (χ3n) is 4.40. The molecule has 0 amide bonds. The van der Waals surface area contributed by atoms with Crippen molar-refractivity contribution in [2.24, 2.45) is 0 Å². The lowest BCUT2D eigenvalue weighted by molar-refractivity contribution is 0.304. The van der Waals surface area contributed by atoms with E-state index in [2.05, 4.69) is 39.4 Å². The van der Waals surface area contributed by atoms with Gasteiger partial charge in [-0.15, -0.1) is 0 Å². The van der Waals surface area contributed by atoms with Crippen LogP contribution in [-0.2, 0) is 19.6 Å². The zero-order valence-electron chi connectivity index (χ0n) is 15.8. The molecule has 0 aromatic heterocycles. The second-order valence-corrected chi connectivity index (χ2v) is 7.71. The first-order chi connectivity index (χ1) is 13.7. The lowest BCUT2D eigenvalue weighted by Gasteiger charge is -2.11. The van der Waals surface area contributed by atoms with Crippen LogP contribution in [0.25, 0.3) is 0 Å². The SMILES string of the molecule is COc1ccccc1CCNCc1ccc(OCc2ccc(Cl)cc2)c(Br)c1. The monoisotopic (exact) mass is 459 g/mol. The number of halogens is 2. The smallest absolute Gasteiger partial charge is 0.134 e. The molecule has 3 aromatic rings. The van der Waals surface area contributed by atoms with Gasteiger partial charge in [0.15, 0.2) is 0 Å². The third-order valence-corrected chi connectivity index (χ3v) is 5.27. The van der Waals surface area contributed by atoms with E-state index in [1.54, 1.807) is 7.11 Å². The summed E-state index contributed by atoms with van der Waals surface area (Å²) in [7, 11) is 1.71. The van der Waals surface area contributed by atoms with Crippen LogP contribution in [-0.4, -0.2) is 13.7 Å². The minimum Gasteiger partial charge on any atom is -0.496 e. The van der Waals surface area contributed by atoms with E-state index in [4.69, 9.17) is 21.1 Å². The molecule has 146 valence electrons. The summed E-state index contributed by atoms with van der Waals surface area (Å²) >= 11 is 9.52. The fraction of sp³-hybridized carbons (Fsp3) is 0.217. The molecule has 0 saturated heterocycles. The average Bonchev–Trinajstić information content (AvgIpc) is 2.72. The van der Waals surface area contributed by atoms with Crippen molar-refractivity contribution in [1.82, 2.24) is 5.32 Å². The van der Waals surface area contributed by atoms with Crippen LogP contribution in [0.5, 0.6) is 11.5 Å². The zero-order valence-corrected chi connectivity index (χ0v) is 18.1. The Balaban J connectivity index is 1.47. The van der Waals surface area contributed by atoms with Crippen molar-refractivity contribution in [3.63, 3.8) is 0 Å². The van der Waals surface area contributed by atoms with Crippen molar-refractivity contribution in [3.8, 4) is 11.5 Å². The highest BCUT2D eigenvalue weighted by molar-refractivity contribution is 9.10. The summed E-state index contributed by atoms with van der Waals surface area (Å²) < 4.78 is 12.2. The Morgan fingerprint density at radius 3 is 2.43 bits per heavy atom. The van der Waals surface area contributed by atoms with Gasteiger partial charge in [-0.1, -0.05) is 48.0 Å². The van der Waals surface area contributed by atoms with Crippen molar-refractivity contribution in [3.05, 3.63) is 92.9 Å². The predicted molar refractivity (Wildman–Crippen MR) is 118 cm³/mol. The summed E-state index contributed by atoms with van der Waals surface area (Å²) in [5.41, 5.74) is 3.49. The van der Waals surface area contributed by atoms with Crippen LogP contribution in [0.1, 0.15) is 16.7 Å². The van der Waals surface area contributed by atoms with Gasteiger partial charge < -0.3 is 14.8 Å². The van der Waals surface area contributed by atoms with Crippen LogP contribution in [0.2, 0.25) is 5.02 Å². The van der Waals surface area contributed by atoms with Crippen molar-refractivity contribution in [2.75, 3.05) is 13.7 Å². The van der Waals surface area contributed by atoms with Crippen molar-refractivity contribution < 1.29 is 9.47 Å². The predicted octanol–water partition coefficient (Wildman–Crippen LogP) is 6.02. The Hall–Kier alpha value is -2.01. The van der Waals surface area contributed by atoms with Gasteiger partial charge in [-0.05, 0) is 75.9 Å². The summed E-state index contributed by atoms with van der Waals surface area (Å²) in [5.74, 6) is 1.77. The highest BCUT2D eigenvalue weighted by Gasteiger charge is 2.05. The first-order valence-electron chi connectivity index (χ1n) is 9.14. The van der Waals surface area contributed by atoms with E-state index in [1.807, 2.05) is 48.5 Å². The van der Waals surface area contributed by atoms with Crippen LogP contribution in [0.15, 0.2) is 71.2 Å². The average molecular weight is 461 g/mol. The molecule has 0 unspecified atom stereocenters. The van der Waals surface area contributed by atoms with Crippen LogP contribution in [0.3, 0.4) is 0 Å². The highest BCUT2D eigenvalue weighted by atomic mass is 79.9. The molecule has 0 aliphatic rings. The summed E-state index contributed by atoms with van der Waals surface area (Å²) in [6.45, 7) is 2.18. The number of hydrogen-bond acceptors (Lipinski definition) is 3. The van der Waals surface area contributed by atoms with Gasteiger partial charge in [-0.25, -0.2) is 0 Å². The number of para-hydroxylation sites is 1. The van der Waals surface area contributed by atoms with Crippen LogP contribution < -0.4 is 14.8 Å². The summed E-state index contributed by atoms with van der Waals surface area (Å²) in [5, 5.41) is 4.21. The van der Waals surface area contributed by atoms with Gasteiger partial charge in [0.25, 0.3) is 0 Å². The molecule has 0 spiro atoms. The van der Waals surface area contributed by atoms with E-state index < -0.39 is 0 Å². The molecular weight excluding hydrogens is 438 g/mol. The molecule has 3 rings (SSSR count). The second-order valence-electron chi connectivity index (χ2n) is 6.42. The fourth-order valence-corrected chi connectivity index (χ4v) is 3.55. The molecule has 1 N–H and O–H groups in total. The van der Waals surface area contributed by atoms with E-state index in [0.717, 1.165) is 46.1 Å². The number of ether oxygens (including phenoxy) is 2. The molecule has 0 heterocycles. The minimum absolute atomic E-state index is 0.506. The topological polar surface area (TPSA) is 30.5 Å². The van der Waals surface area contributed by atoms with Crippen LogP contribution in [0, 0.1) is 0 Å². The maximum absolute atomic E-state index is 5.91. The maximum atomic E-state index is 5.91. The van der Waals surface area contributed by atoms with Gasteiger partial charge in [0.05, 0.1) is 11.6 Å². The number of benzene rings is 3. The molecule has 0 fully saturated rings. The van der Waals surface area contributed by atoms with Crippen molar-refractivity contribution in [2.45, 2.75) is 19.6 Å². The van der Waals surface area contributed by atoms with Crippen molar-refractivity contribution >= 4 is 27.5 Å². The molecule has 3 nitrogen and oxygen atoms in total. The Morgan fingerprint density at radius 2 is 1.68 bits per heavy atom. The van der Waals surface area contributed by atoms with Gasteiger partial charge in [-0.3, -0.25) is 0 Å². The van der Waals surface area contributed by atoms with Gasteiger partial charge in [-0.2, -0.15) is 0 Å². The first kappa shape index (κ1) is 20.7. The highest BCUT2D eigenvalue weighted by Crippen LogP contribution is 2.27. The molecule has 0 aliphatic heterocycles. The van der Waals surface area contributed by atoms with E-state index in [1.165, 1.54) is 11.1 Å². The summed E-state index contributed by atoms with van der Waals surface area (Å²) in [6.07, 6.45) is 0.924. The maximum Gasteiger partial charge on any atom is 0.134 e. The van der Waals surface area contributed by atoms with Gasteiger partial charge in [0, 0.05) is 11.6 Å². The Labute approximate surface area is 179 Å². The lowest BCUT2D eigenvalue weighted by atomic mass is 10.1. The molecule has 3 aromatic carbocycles. The molecule has 0 saturated carbocycles. The van der Waals surface area contributed by atoms with Crippen LogP contribution in [0.4, 0.5) is 0 Å². The van der Waals surface area contributed by atoms with E-state index >= 15 is 0 Å². The Bertz CT molecular complexity index is 899. The number of rotatable bonds is 9. The standard InChI is InChI=1S/C23H23BrClNO2/c1-27-22-5-3-2-4-19(22)12-13-26-15-18-8-11-23(21(24)14-18)28-16-17-6-9-20(25)10-7-17/h2-11,14,26H,12-13,15-16H2,1H3. The minimum atomic E-state index is 0.506. The summed E-state index contributed by atoms with van der Waals surface area (Å²) in [4.78, 5) is 0. The van der Waals surface area contributed by atoms with Gasteiger partial charge in [0.2, 0.25) is 0 Å². The molecule has 0 atom stereocenters. The largest absolute Gasteiger partial charge is 0.496 e. The molecule has 5 heteroatoms. The van der Waals surface area contributed by atoms with Gasteiger partial charge in [0.1, 0.15) is 18.1 Å². The van der Waals surface area contributed by atoms with E-state index in [0.29, 0.717) is 6.61 Å². The molecular formula is C23H23BrClNO2. The Kier molecular flexibility index (Phi) is 7.78. The number of methoxy groups -OCH3 is 1. The zero-order chi connectivity index (χ0) is 19.8.